The zero-order chi connectivity index (χ0) is 9.26. The monoisotopic (exact) mass is 177 g/mol. The van der Waals surface area contributed by atoms with Crippen LogP contribution in [-0.2, 0) is 0 Å². The third-order valence-corrected chi connectivity index (χ3v) is 2.71. The summed E-state index contributed by atoms with van der Waals surface area (Å²) in [5.41, 5.74) is 0.969. The molecule has 0 bridgehead atoms. The average Bonchev–Trinajstić information content (AvgIpc) is 2.12. The van der Waals surface area contributed by atoms with E-state index in [2.05, 4.69) is 22.2 Å². The summed E-state index contributed by atoms with van der Waals surface area (Å²) in [7, 11) is 0. The lowest BCUT2D eigenvalue weighted by molar-refractivity contribution is 0.303. The van der Waals surface area contributed by atoms with Gasteiger partial charge in [0.1, 0.15) is 5.82 Å². The second-order valence-corrected chi connectivity index (χ2v) is 3.85. The summed E-state index contributed by atoms with van der Waals surface area (Å²) in [6.07, 6.45) is 6.15. The Kier molecular flexibility index (Phi) is 2.17. The first-order valence-corrected chi connectivity index (χ1v) is 4.81. The van der Waals surface area contributed by atoms with Crippen molar-refractivity contribution >= 4 is 5.82 Å². The van der Waals surface area contributed by atoms with Gasteiger partial charge in [-0.3, -0.25) is 4.98 Å². The molecule has 2 unspecified atom stereocenters. The average molecular weight is 177 g/mol. The Morgan fingerprint density at radius 2 is 2.23 bits per heavy atom. The Bertz CT molecular complexity index is 298. The fraction of sp³-hybridized carbons (Fsp3) is 0.600. The van der Waals surface area contributed by atoms with Crippen LogP contribution in [0, 0.1) is 12.8 Å². The predicted molar refractivity (Wildman–Crippen MR) is 52.6 cm³/mol. The Morgan fingerprint density at radius 1 is 1.38 bits per heavy atom. The Balaban J connectivity index is 2.01. The smallest absolute Gasteiger partial charge is 0.145 e. The minimum Gasteiger partial charge on any atom is -0.366 e. The fourth-order valence-electron chi connectivity index (χ4n) is 1.60. The van der Waals surface area contributed by atoms with Gasteiger partial charge in [0, 0.05) is 12.2 Å². The van der Waals surface area contributed by atoms with E-state index in [4.69, 9.17) is 0 Å². The van der Waals surface area contributed by atoms with Crippen LogP contribution >= 0.6 is 0 Å². The standard InChI is InChI=1S/C10H15N3/c1-7-3-4-9(7)13-10-6-11-5-8(2)12-10/h5-7,9H,3-4H2,1-2H3,(H,12,13). The number of nitrogens with zero attached hydrogens (tertiary/aromatic N) is 2. The van der Waals surface area contributed by atoms with Crippen molar-refractivity contribution in [3.05, 3.63) is 18.1 Å². The van der Waals surface area contributed by atoms with Gasteiger partial charge in [0.05, 0.1) is 11.9 Å². The topological polar surface area (TPSA) is 37.8 Å². The summed E-state index contributed by atoms with van der Waals surface area (Å²) in [5, 5.41) is 3.40. The Hall–Kier alpha value is -1.12. The number of nitrogens with one attached hydrogen (secondary N) is 1. The van der Waals surface area contributed by atoms with E-state index in [0.717, 1.165) is 17.4 Å². The van der Waals surface area contributed by atoms with E-state index in [-0.39, 0.29) is 0 Å². The molecule has 1 heterocycles. The van der Waals surface area contributed by atoms with E-state index in [9.17, 15) is 0 Å². The highest BCUT2D eigenvalue weighted by Crippen LogP contribution is 2.28. The zero-order valence-electron chi connectivity index (χ0n) is 8.12. The van der Waals surface area contributed by atoms with Crippen molar-refractivity contribution in [2.24, 2.45) is 5.92 Å². The summed E-state index contributed by atoms with van der Waals surface area (Å²) < 4.78 is 0. The molecule has 1 aromatic rings. The van der Waals surface area contributed by atoms with E-state index in [1.807, 2.05) is 6.92 Å². The van der Waals surface area contributed by atoms with Gasteiger partial charge >= 0.3 is 0 Å². The molecule has 13 heavy (non-hydrogen) atoms. The van der Waals surface area contributed by atoms with Crippen LogP contribution in [0.5, 0.6) is 0 Å². The van der Waals surface area contributed by atoms with Gasteiger partial charge in [-0.15, -0.1) is 0 Å². The van der Waals surface area contributed by atoms with Crippen LogP contribution in [-0.4, -0.2) is 16.0 Å². The first kappa shape index (κ1) is 8.48. The molecule has 1 aliphatic rings. The lowest BCUT2D eigenvalue weighted by atomic mass is 9.81. The summed E-state index contributed by atoms with van der Waals surface area (Å²) in [5.74, 6) is 1.69. The van der Waals surface area contributed by atoms with Crippen molar-refractivity contribution in [2.45, 2.75) is 32.7 Å². The minimum atomic E-state index is 0.607. The van der Waals surface area contributed by atoms with E-state index < -0.39 is 0 Å². The normalized spacial score (nSPS) is 26.6. The SMILES string of the molecule is Cc1cncc(NC2CCC2C)n1. The molecule has 1 fully saturated rings. The number of hydrogen-bond donors (Lipinski definition) is 1. The summed E-state index contributed by atoms with van der Waals surface area (Å²) in [6.45, 7) is 4.23. The van der Waals surface area contributed by atoms with Crippen molar-refractivity contribution in [1.82, 2.24) is 9.97 Å². The molecule has 70 valence electrons. The van der Waals surface area contributed by atoms with Crippen LogP contribution in [0.4, 0.5) is 5.82 Å². The zero-order valence-corrected chi connectivity index (χ0v) is 8.12. The van der Waals surface area contributed by atoms with E-state index in [1.165, 1.54) is 12.8 Å². The Labute approximate surface area is 78.6 Å². The van der Waals surface area contributed by atoms with Crippen LogP contribution in [0.25, 0.3) is 0 Å². The first-order chi connectivity index (χ1) is 6.25. The molecular formula is C10H15N3. The van der Waals surface area contributed by atoms with Gasteiger partial charge < -0.3 is 5.32 Å². The van der Waals surface area contributed by atoms with Gasteiger partial charge in [0.2, 0.25) is 0 Å². The molecule has 3 heteroatoms. The molecule has 1 aromatic heterocycles. The molecule has 0 aliphatic heterocycles. The summed E-state index contributed by atoms with van der Waals surface area (Å²) in [4.78, 5) is 8.45. The van der Waals surface area contributed by atoms with Crippen LogP contribution in [0.3, 0.4) is 0 Å². The van der Waals surface area contributed by atoms with Crippen molar-refractivity contribution in [2.75, 3.05) is 5.32 Å². The van der Waals surface area contributed by atoms with Crippen LogP contribution in [0.2, 0.25) is 0 Å². The fourth-order valence-corrected chi connectivity index (χ4v) is 1.60. The lowest BCUT2D eigenvalue weighted by Crippen LogP contribution is -2.36. The summed E-state index contributed by atoms with van der Waals surface area (Å²) in [6, 6.07) is 0.607. The molecule has 1 N–H and O–H groups in total. The van der Waals surface area contributed by atoms with E-state index >= 15 is 0 Å². The minimum absolute atomic E-state index is 0.607. The molecular weight excluding hydrogens is 162 g/mol. The van der Waals surface area contributed by atoms with Crippen molar-refractivity contribution in [3.63, 3.8) is 0 Å². The predicted octanol–water partition coefficient (Wildman–Crippen LogP) is 2.00. The maximum absolute atomic E-state index is 4.36. The van der Waals surface area contributed by atoms with E-state index in [0.29, 0.717) is 6.04 Å². The highest BCUT2D eigenvalue weighted by Gasteiger charge is 2.26. The molecule has 1 saturated carbocycles. The second kappa shape index (κ2) is 3.32. The van der Waals surface area contributed by atoms with E-state index in [1.54, 1.807) is 12.4 Å². The molecule has 0 amide bonds. The number of hydrogen-bond acceptors (Lipinski definition) is 3. The van der Waals surface area contributed by atoms with Crippen LogP contribution < -0.4 is 5.32 Å². The highest BCUT2D eigenvalue weighted by atomic mass is 15.0. The van der Waals surface area contributed by atoms with Gasteiger partial charge in [0.15, 0.2) is 0 Å². The molecule has 0 saturated heterocycles. The Morgan fingerprint density at radius 3 is 2.77 bits per heavy atom. The lowest BCUT2D eigenvalue weighted by Gasteiger charge is -2.34. The molecule has 3 nitrogen and oxygen atoms in total. The van der Waals surface area contributed by atoms with Gasteiger partial charge in [-0.2, -0.15) is 0 Å². The number of aromatic nitrogens is 2. The largest absolute Gasteiger partial charge is 0.366 e. The van der Waals surface area contributed by atoms with Crippen LogP contribution in [0.1, 0.15) is 25.5 Å². The highest BCUT2D eigenvalue weighted by molar-refractivity contribution is 5.33. The molecule has 0 spiro atoms. The third-order valence-electron chi connectivity index (χ3n) is 2.71. The van der Waals surface area contributed by atoms with Gasteiger partial charge in [-0.1, -0.05) is 6.92 Å². The molecule has 1 aliphatic carbocycles. The number of anilines is 1. The molecule has 2 atom stereocenters. The third kappa shape index (κ3) is 1.79. The van der Waals surface area contributed by atoms with Crippen molar-refractivity contribution in [1.29, 1.82) is 0 Å². The van der Waals surface area contributed by atoms with Crippen molar-refractivity contribution in [3.8, 4) is 0 Å². The molecule has 2 rings (SSSR count). The van der Waals surface area contributed by atoms with Gasteiger partial charge in [-0.25, -0.2) is 4.98 Å². The first-order valence-electron chi connectivity index (χ1n) is 4.81. The summed E-state index contributed by atoms with van der Waals surface area (Å²) >= 11 is 0. The number of rotatable bonds is 2. The maximum atomic E-state index is 4.36. The van der Waals surface area contributed by atoms with Gasteiger partial charge in [0.25, 0.3) is 0 Å². The quantitative estimate of drug-likeness (QED) is 0.750. The van der Waals surface area contributed by atoms with Crippen molar-refractivity contribution < 1.29 is 0 Å². The molecule has 0 aromatic carbocycles. The number of aryl methyl sites for hydroxylation is 1. The second-order valence-electron chi connectivity index (χ2n) is 3.85. The maximum Gasteiger partial charge on any atom is 0.145 e. The van der Waals surface area contributed by atoms with Gasteiger partial charge in [-0.05, 0) is 25.7 Å². The molecule has 0 radical (unpaired) electrons. The van der Waals surface area contributed by atoms with Crippen LogP contribution in [0.15, 0.2) is 12.4 Å².